The van der Waals surface area contributed by atoms with Crippen molar-refractivity contribution in [1.82, 2.24) is 14.2 Å². The van der Waals surface area contributed by atoms with Gasteiger partial charge >= 0.3 is 0 Å². The molecule has 2 heterocycles. The number of H-pyrrole nitrogens is 1. The number of benzene rings is 2. The summed E-state index contributed by atoms with van der Waals surface area (Å²) < 4.78 is 38.2. The van der Waals surface area contributed by atoms with Gasteiger partial charge in [0.15, 0.2) is 0 Å². The molecular formula is C28H39N3O4S. The van der Waals surface area contributed by atoms with Crippen molar-refractivity contribution < 1.29 is 17.9 Å². The van der Waals surface area contributed by atoms with Crippen molar-refractivity contribution in [1.29, 1.82) is 0 Å². The predicted octanol–water partition coefficient (Wildman–Crippen LogP) is 4.33. The van der Waals surface area contributed by atoms with E-state index in [4.69, 9.17) is 9.47 Å². The number of fused-ring (bicyclic) bond motifs is 1. The van der Waals surface area contributed by atoms with Gasteiger partial charge in [-0.2, -0.15) is 0 Å². The van der Waals surface area contributed by atoms with Crippen LogP contribution in [0.25, 0.3) is 22.0 Å². The molecule has 0 bridgehead atoms. The highest BCUT2D eigenvalue weighted by atomic mass is 32.2. The third kappa shape index (κ3) is 6.75. The van der Waals surface area contributed by atoms with Crippen LogP contribution in [0, 0.1) is 0 Å². The van der Waals surface area contributed by atoms with Gasteiger partial charge in [0.25, 0.3) is 0 Å². The van der Waals surface area contributed by atoms with E-state index in [1.54, 1.807) is 18.5 Å². The van der Waals surface area contributed by atoms with Crippen LogP contribution in [0.5, 0.6) is 0 Å². The Morgan fingerprint density at radius 2 is 1.64 bits per heavy atom. The molecule has 4 rings (SSSR count). The van der Waals surface area contributed by atoms with Crippen LogP contribution >= 0.6 is 0 Å². The van der Waals surface area contributed by atoms with Gasteiger partial charge in [-0.25, -0.2) is 12.7 Å². The zero-order chi connectivity index (χ0) is 25.4. The normalized spacial score (nSPS) is 15.8. The van der Waals surface area contributed by atoms with Crippen LogP contribution < -0.4 is 0 Å². The lowest BCUT2D eigenvalue weighted by atomic mass is 9.89. The van der Waals surface area contributed by atoms with Crippen molar-refractivity contribution in [2.24, 2.45) is 0 Å². The van der Waals surface area contributed by atoms with Gasteiger partial charge in [-0.15, -0.1) is 0 Å². The summed E-state index contributed by atoms with van der Waals surface area (Å²) in [5, 5.41) is 1.24. The first kappa shape index (κ1) is 26.8. The van der Waals surface area contributed by atoms with E-state index in [0.29, 0.717) is 38.6 Å². The van der Waals surface area contributed by atoms with Gasteiger partial charge in [0.2, 0.25) is 10.0 Å². The molecule has 2 aromatic carbocycles. The Morgan fingerprint density at radius 3 is 2.31 bits per heavy atom. The Bertz CT molecular complexity index is 1180. The van der Waals surface area contributed by atoms with E-state index in [9.17, 15) is 8.42 Å². The summed E-state index contributed by atoms with van der Waals surface area (Å²) in [5.41, 5.74) is 4.84. The maximum atomic E-state index is 13.1. The van der Waals surface area contributed by atoms with Crippen LogP contribution in [0.1, 0.15) is 30.7 Å². The van der Waals surface area contributed by atoms with Gasteiger partial charge in [-0.3, -0.25) is 4.90 Å². The highest BCUT2D eigenvalue weighted by molar-refractivity contribution is 7.89. The number of piperidine rings is 1. The molecule has 0 amide bonds. The molecule has 0 saturated carbocycles. The van der Waals surface area contributed by atoms with Crippen LogP contribution in [0.2, 0.25) is 0 Å². The van der Waals surface area contributed by atoms with E-state index < -0.39 is 10.0 Å². The zero-order valence-electron chi connectivity index (χ0n) is 21.5. The lowest BCUT2D eigenvalue weighted by Crippen LogP contribution is -2.40. The van der Waals surface area contributed by atoms with E-state index in [-0.39, 0.29) is 5.75 Å². The van der Waals surface area contributed by atoms with Gasteiger partial charge in [0.1, 0.15) is 0 Å². The van der Waals surface area contributed by atoms with Crippen LogP contribution in [0.15, 0.2) is 54.7 Å². The second-order valence-corrected chi connectivity index (χ2v) is 11.6. The minimum Gasteiger partial charge on any atom is -0.383 e. The van der Waals surface area contributed by atoms with Crippen molar-refractivity contribution in [3.05, 3.63) is 60.3 Å². The molecule has 1 aromatic heterocycles. The van der Waals surface area contributed by atoms with Crippen LogP contribution in [-0.2, 0) is 19.5 Å². The first-order valence-electron chi connectivity index (χ1n) is 12.9. The van der Waals surface area contributed by atoms with Gasteiger partial charge in [0, 0.05) is 57.5 Å². The predicted molar refractivity (Wildman–Crippen MR) is 146 cm³/mol. The molecular weight excluding hydrogens is 474 g/mol. The molecule has 0 radical (unpaired) electrons. The number of rotatable bonds is 13. The molecule has 1 aliphatic heterocycles. The monoisotopic (exact) mass is 513 g/mol. The molecule has 1 saturated heterocycles. The summed E-state index contributed by atoms with van der Waals surface area (Å²) in [6, 6.07) is 17.0. The molecule has 0 unspecified atom stereocenters. The number of aromatic nitrogens is 1. The Labute approximate surface area is 215 Å². The van der Waals surface area contributed by atoms with Crippen molar-refractivity contribution in [2.75, 3.05) is 65.9 Å². The molecule has 36 heavy (non-hydrogen) atoms. The van der Waals surface area contributed by atoms with Gasteiger partial charge < -0.3 is 14.5 Å². The van der Waals surface area contributed by atoms with Gasteiger partial charge in [-0.1, -0.05) is 36.4 Å². The highest BCUT2D eigenvalue weighted by Gasteiger charge is 2.29. The van der Waals surface area contributed by atoms with E-state index in [1.807, 2.05) is 6.07 Å². The summed E-state index contributed by atoms with van der Waals surface area (Å²) >= 11 is 0. The SMILES string of the molecule is COCCN(CCCS(=O)(=O)N1CCC(c2c[nH]c3ccc(-c4ccccc4)cc23)CC1)CCOC. The van der Waals surface area contributed by atoms with Gasteiger partial charge in [-0.05, 0) is 60.5 Å². The second kappa shape index (κ2) is 12.8. The molecule has 7 nitrogen and oxygen atoms in total. The summed E-state index contributed by atoms with van der Waals surface area (Å²) in [6.45, 7) is 4.70. The number of hydrogen-bond donors (Lipinski definition) is 1. The number of hydrogen-bond acceptors (Lipinski definition) is 5. The fourth-order valence-electron chi connectivity index (χ4n) is 5.11. The van der Waals surface area contributed by atoms with Crippen molar-refractivity contribution in [2.45, 2.75) is 25.2 Å². The fourth-order valence-corrected chi connectivity index (χ4v) is 6.63. The zero-order valence-corrected chi connectivity index (χ0v) is 22.3. The van der Waals surface area contributed by atoms with Crippen LogP contribution in [-0.4, -0.2) is 88.5 Å². The maximum Gasteiger partial charge on any atom is 0.214 e. The molecule has 8 heteroatoms. The molecule has 0 atom stereocenters. The maximum absolute atomic E-state index is 13.1. The third-order valence-corrected chi connectivity index (χ3v) is 9.16. The Kier molecular flexibility index (Phi) is 9.56. The van der Waals surface area contributed by atoms with Crippen molar-refractivity contribution in [3.8, 4) is 11.1 Å². The second-order valence-electron chi connectivity index (χ2n) is 9.54. The lowest BCUT2D eigenvalue weighted by molar-refractivity contribution is 0.114. The highest BCUT2D eigenvalue weighted by Crippen LogP contribution is 2.35. The average Bonchev–Trinajstić information content (AvgIpc) is 3.34. The summed E-state index contributed by atoms with van der Waals surface area (Å²) in [5.74, 6) is 0.538. The Balaban J connectivity index is 1.34. The number of nitrogens with one attached hydrogen (secondary N) is 1. The van der Waals surface area contributed by atoms with Gasteiger partial charge in [0.05, 0.1) is 19.0 Å². The van der Waals surface area contributed by atoms with E-state index in [0.717, 1.165) is 38.0 Å². The molecule has 3 aromatic rings. The fraction of sp³-hybridized carbons (Fsp3) is 0.500. The van der Waals surface area contributed by atoms with Crippen molar-refractivity contribution in [3.63, 3.8) is 0 Å². The van der Waals surface area contributed by atoms with E-state index >= 15 is 0 Å². The number of nitrogens with zero attached hydrogens (tertiary/aromatic N) is 2. The Hall–Kier alpha value is -2.23. The minimum atomic E-state index is -3.26. The largest absolute Gasteiger partial charge is 0.383 e. The quantitative estimate of drug-likeness (QED) is 0.368. The lowest BCUT2D eigenvalue weighted by Gasteiger charge is -2.31. The molecule has 1 fully saturated rings. The smallest absolute Gasteiger partial charge is 0.214 e. The summed E-state index contributed by atoms with van der Waals surface area (Å²) in [4.78, 5) is 5.62. The summed E-state index contributed by atoms with van der Waals surface area (Å²) in [6.07, 6.45) is 4.41. The number of aromatic amines is 1. The van der Waals surface area contributed by atoms with Crippen molar-refractivity contribution >= 4 is 20.9 Å². The Morgan fingerprint density at radius 1 is 0.944 bits per heavy atom. The van der Waals surface area contributed by atoms with Crippen LogP contribution in [0.3, 0.4) is 0 Å². The first-order chi connectivity index (χ1) is 17.5. The molecule has 0 aliphatic carbocycles. The number of ether oxygens (including phenoxy) is 2. The standard InChI is InChI=1S/C28H39N3O4S/c1-34-18-16-30(17-19-35-2)13-6-20-36(32,33)31-14-11-24(12-15-31)27-22-29-28-10-9-25(21-26(27)28)23-7-4-3-5-8-23/h3-5,7-10,21-22,24,29H,6,11-20H2,1-2H3. The van der Waals surface area contributed by atoms with E-state index in [2.05, 4.69) is 58.5 Å². The van der Waals surface area contributed by atoms with E-state index in [1.165, 1.54) is 22.1 Å². The first-order valence-corrected chi connectivity index (χ1v) is 14.5. The number of sulfonamides is 1. The van der Waals surface area contributed by atoms with Crippen LogP contribution in [0.4, 0.5) is 0 Å². The molecule has 0 spiro atoms. The average molecular weight is 514 g/mol. The third-order valence-electron chi connectivity index (χ3n) is 7.21. The molecule has 1 aliphatic rings. The summed E-state index contributed by atoms with van der Waals surface area (Å²) in [7, 11) is 0.102. The topological polar surface area (TPSA) is 74.9 Å². The molecule has 1 N–H and O–H groups in total. The minimum absolute atomic E-state index is 0.182. The number of methoxy groups -OCH3 is 2. The molecule has 196 valence electrons.